The average molecular weight is 695 g/mol. The van der Waals surface area contributed by atoms with Crippen molar-refractivity contribution in [2.75, 3.05) is 6.61 Å². The van der Waals surface area contributed by atoms with Crippen molar-refractivity contribution in [1.82, 2.24) is 0 Å². The van der Waals surface area contributed by atoms with Crippen molar-refractivity contribution in [3.8, 4) is 16.9 Å². The highest BCUT2D eigenvalue weighted by atomic mass is 28.3. The van der Waals surface area contributed by atoms with Gasteiger partial charge >= 0.3 is 0 Å². The highest BCUT2D eigenvalue weighted by Gasteiger charge is 2.51. The molecule has 51 heavy (non-hydrogen) atoms. The lowest BCUT2D eigenvalue weighted by molar-refractivity contribution is 0.367. The summed E-state index contributed by atoms with van der Waals surface area (Å²) < 4.78 is 6.92. The van der Waals surface area contributed by atoms with Crippen LogP contribution in [0.5, 0.6) is 5.75 Å². The standard InChI is InChI=1S/C49H62OSi/c1-13-27-50-44-36(33-19-17-16-18-20-33)28-32(4)29-39(44)51(14-2,15-3)45-38-31-47(7,8)23-21-34(38)40-41(45)37-30-46(5,6)24-22-35(37)42-43(40)49(11,12)26-25-48(42,9)10/h13,16-20,25-26,28-31,34H,1,14-15,21-24,27H2,2-12H3. The summed E-state index contributed by atoms with van der Waals surface area (Å²) >= 11 is 0. The van der Waals surface area contributed by atoms with E-state index in [1.165, 1.54) is 41.1 Å². The van der Waals surface area contributed by atoms with E-state index in [1.807, 2.05) is 6.08 Å². The molecule has 7 rings (SSSR count). The minimum atomic E-state index is -2.48. The third-order valence-electron chi connectivity index (χ3n) is 13.2. The van der Waals surface area contributed by atoms with Crippen LogP contribution in [-0.2, 0) is 17.3 Å². The number of allylic oxidation sites excluding steroid dienone is 4. The molecule has 0 spiro atoms. The molecular formula is C49H62OSi. The first kappa shape index (κ1) is 36.0. The van der Waals surface area contributed by atoms with Gasteiger partial charge in [0.2, 0.25) is 0 Å². The van der Waals surface area contributed by atoms with E-state index in [2.05, 4.69) is 150 Å². The van der Waals surface area contributed by atoms with E-state index in [1.54, 1.807) is 43.5 Å². The van der Waals surface area contributed by atoms with E-state index in [0.717, 1.165) is 24.3 Å². The van der Waals surface area contributed by atoms with Crippen LogP contribution in [0.25, 0.3) is 22.4 Å². The van der Waals surface area contributed by atoms with Gasteiger partial charge in [0.1, 0.15) is 20.4 Å². The maximum atomic E-state index is 6.92. The number of ether oxygens (including phenoxy) is 1. The Kier molecular flexibility index (Phi) is 8.73. The molecule has 4 aliphatic carbocycles. The van der Waals surface area contributed by atoms with Gasteiger partial charge in [-0.05, 0) is 104 Å². The summed E-state index contributed by atoms with van der Waals surface area (Å²) in [6.45, 7) is 31.7. The first-order valence-electron chi connectivity index (χ1n) is 19.9. The number of benzene rings is 3. The normalized spacial score (nSPS) is 21.8. The maximum Gasteiger partial charge on any atom is 0.127 e. The molecule has 3 aromatic carbocycles. The van der Waals surface area contributed by atoms with Gasteiger partial charge in [-0.1, -0.05) is 160 Å². The predicted molar refractivity (Wildman–Crippen MR) is 223 cm³/mol. The molecule has 0 fully saturated rings. The number of aryl methyl sites for hydroxylation is 1. The van der Waals surface area contributed by atoms with E-state index in [0.29, 0.717) is 12.5 Å². The molecule has 1 atom stereocenters. The third kappa shape index (κ3) is 5.70. The maximum absolute atomic E-state index is 6.92. The molecule has 0 radical (unpaired) electrons. The number of fused-ring (bicyclic) bond motifs is 8. The molecule has 268 valence electrons. The summed E-state index contributed by atoms with van der Waals surface area (Å²) in [5, 5.41) is 6.41. The molecule has 0 amide bonds. The summed E-state index contributed by atoms with van der Waals surface area (Å²) in [7, 11) is -2.48. The number of rotatable bonds is 8. The molecule has 0 N–H and O–H groups in total. The van der Waals surface area contributed by atoms with Crippen LogP contribution in [0.4, 0.5) is 0 Å². The van der Waals surface area contributed by atoms with E-state index >= 15 is 0 Å². The molecule has 1 unspecified atom stereocenters. The lowest BCUT2D eigenvalue weighted by Gasteiger charge is -2.43. The van der Waals surface area contributed by atoms with Crippen molar-refractivity contribution >= 4 is 24.5 Å². The van der Waals surface area contributed by atoms with E-state index in [4.69, 9.17) is 4.74 Å². The van der Waals surface area contributed by atoms with Crippen LogP contribution >= 0.6 is 0 Å². The number of hydrogen-bond donors (Lipinski definition) is 0. The monoisotopic (exact) mass is 694 g/mol. The van der Waals surface area contributed by atoms with Gasteiger partial charge in [-0.2, -0.15) is 0 Å². The molecule has 3 aromatic rings. The Hall–Kier alpha value is -3.36. The van der Waals surface area contributed by atoms with E-state index < -0.39 is 8.07 Å². The molecule has 4 aliphatic rings. The zero-order valence-corrected chi connectivity index (χ0v) is 34.6. The van der Waals surface area contributed by atoms with Crippen molar-refractivity contribution in [3.63, 3.8) is 0 Å². The molecule has 0 saturated heterocycles. The SMILES string of the molecule is C=CCOc1c(-c2ccccc2)cc(C)cc1[Si](CC)(CC)C1=c2c(c3c(c4c2=CC(C)(C)CC4)C(C)(C)C=CC3(C)C)C2CCC(C)(C)C=C12. The van der Waals surface area contributed by atoms with Crippen LogP contribution < -0.4 is 20.4 Å². The first-order chi connectivity index (χ1) is 24.0. The van der Waals surface area contributed by atoms with Crippen LogP contribution in [0, 0.1) is 17.8 Å². The fourth-order valence-corrected chi connectivity index (χ4v) is 15.5. The Bertz CT molecular complexity index is 2090. The fraction of sp³-hybridized carbons (Fsp3) is 0.469. The van der Waals surface area contributed by atoms with Gasteiger partial charge in [-0.3, -0.25) is 0 Å². The second kappa shape index (κ2) is 12.4. The van der Waals surface area contributed by atoms with Crippen molar-refractivity contribution in [1.29, 1.82) is 0 Å². The highest BCUT2D eigenvalue weighted by molar-refractivity contribution is 7.06. The lowest BCUT2D eigenvalue weighted by Crippen LogP contribution is -2.53. The fourth-order valence-electron chi connectivity index (χ4n) is 10.6. The second-order valence-corrected chi connectivity index (χ2v) is 23.5. The Morgan fingerprint density at radius 3 is 2.14 bits per heavy atom. The molecule has 0 aromatic heterocycles. The Morgan fingerprint density at radius 2 is 1.49 bits per heavy atom. The Morgan fingerprint density at radius 1 is 0.843 bits per heavy atom. The largest absolute Gasteiger partial charge is 0.489 e. The Labute approximate surface area is 310 Å². The summed E-state index contributed by atoms with van der Waals surface area (Å²) in [6, 6.07) is 18.1. The van der Waals surface area contributed by atoms with Crippen LogP contribution in [0.3, 0.4) is 0 Å². The van der Waals surface area contributed by atoms with Crippen molar-refractivity contribution in [3.05, 3.63) is 117 Å². The van der Waals surface area contributed by atoms with E-state index in [-0.39, 0.29) is 21.7 Å². The molecule has 2 heteroatoms. The molecular weight excluding hydrogens is 633 g/mol. The predicted octanol–water partition coefficient (Wildman–Crippen LogP) is 11.0. The summed E-state index contributed by atoms with van der Waals surface area (Å²) in [4.78, 5) is 0. The first-order valence-corrected chi connectivity index (χ1v) is 22.3. The second-order valence-electron chi connectivity index (χ2n) is 18.8. The van der Waals surface area contributed by atoms with Crippen LogP contribution in [0.2, 0.25) is 12.1 Å². The molecule has 0 aliphatic heterocycles. The summed E-state index contributed by atoms with van der Waals surface area (Å²) in [6.07, 6.45) is 17.2. The van der Waals surface area contributed by atoms with Crippen molar-refractivity contribution in [2.24, 2.45) is 10.8 Å². The van der Waals surface area contributed by atoms with Gasteiger partial charge in [0.25, 0.3) is 0 Å². The topological polar surface area (TPSA) is 9.23 Å². The van der Waals surface area contributed by atoms with Gasteiger partial charge in [0, 0.05) is 22.3 Å². The number of hydrogen-bond acceptors (Lipinski definition) is 1. The summed E-state index contributed by atoms with van der Waals surface area (Å²) in [5.41, 5.74) is 12.3. The summed E-state index contributed by atoms with van der Waals surface area (Å²) in [5.74, 6) is 1.51. The van der Waals surface area contributed by atoms with Gasteiger partial charge in [-0.15, -0.1) is 0 Å². The zero-order valence-electron chi connectivity index (χ0n) is 33.6. The molecule has 0 heterocycles. The highest BCUT2D eigenvalue weighted by Crippen LogP contribution is 2.55. The molecule has 0 bridgehead atoms. The molecule has 0 saturated carbocycles. The van der Waals surface area contributed by atoms with Gasteiger partial charge in [0.15, 0.2) is 0 Å². The van der Waals surface area contributed by atoms with Crippen LogP contribution in [-0.4, -0.2) is 14.7 Å². The van der Waals surface area contributed by atoms with Crippen molar-refractivity contribution < 1.29 is 4.74 Å². The van der Waals surface area contributed by atoms with E-state index in [9.17, 15) is 0 Å². The lowest BCUT2D eigenvalue weighted by atomic mass is 9.61. The molecule has 1 nitrogen and oxygen atoms in total. The zero-order chi connectivity index (χ0) is 36.7. The Balaban J connectivity index is 1.73. The quantitative estimate of drug-likeness (QED) is 0.168. The average Bonchev–Trinajstić information content (AvgIpc) is 3.40. The minimum absolute atomic E-state index is 0.00326. The third-order valence-corrected chi connectivity index (χ3v) is 18.5. The smallest absolute Gasteiger partial charge is 0.127 e. The van der Waals surface area contributed by atoms with Crippen LogP contribution in [0.1, 0.15) is 122 Å². The van der Waals surface area contributed by atoms with Gasteiger partial charge in [0.05, 0.1) is 0 Å². The van der Waals surface area contributed by atoms with Crippen molar-refractivity contribution in [2.45, 2.75) is 131 Å². The van der Waals surface area contributed by atoms with Crippen LogP contribution in [0.15, 0.2) is 78.9 Å². The minimum Gasteiger partial charge on any atom is -0.489 e. The van der Waals surface area contributed by atoms with Gasteiger partial charge in [-0.25, -0.2) is 0 Å². The van der Waals surface area contributed by atoms with Gasteiger partial charge < -0.3 is 4.74 Å².